The minimum Gasteiger partial charge on any atom is -0.490 e. The predicted molar refractivity (Wildman–Crippen MR) is 132 cm³/mol. The molecule has 5 rings (SSSR count). The van der Waals surface area contributed by atoms with Crippen molar-refractivity contribution >= 4 is 22.8 Å². The first-order chi connectivity index (χ1) is 18.6. The van der Waals surface area contributed by atoms with E-state index in [2.05, 4.69) is 34.3 Å². The molecule has 2 heterocycles. The molecule has 39 heavy (non-hydrogen) atoms. The van der Waals surface area contributed by atoms with Crippen LogP contribution in [0.4, 0.5) is 23.4 Å². The molecule has 4 aromatic rings. The van der Waals surface area contributed by atoms with Crippen molar-refractivity contribution in [2.75, 3.05) is 18.5 Å². The fourth-order valence-electron chi connectivity index (χ4n) is 4.17. The topological polar surface area (TPSA) is 99.4 Å². The lowest BCUT2D eigenvalue weighted by Gasteiger charge is -2.14. The number of ether oxygens (including phenoxy) is 2. The van der Waals surface area contributed by atoms with Crippen molar-refractivity contribution in [3.05, 3.63) is 73.6 Å². The third kappa shape index (κ3) is 5.23. The Morgan fingerprint density at radius 3 is 2.36 bits per heavy atom. The molecule has 1 N–H and O–H groups in total. The average Bonchev–Trinajstić information content (AvgIpc) is 3.59. The van der Waals surface area contributed by atoms with Crippen LogP contribution >= 0.6 is 0 Å². The number of hydrogen-bond donors (Lipinski definition) is 1. The van der Waals surface area contributed by atoms with Crippen LogP contribution in [0.1, 0.15) is 24.2 Å². The standard InChI is InChI=1S/C27H22F4N4O4/c1-3-37-21-11-18-19(12-22(21)38-4-2)33-20(14-32-18)16-6-5-15(17(28)9-16)10-25(36)34-24-13-23(39-35-24)26(7-8-26)27(29,30)31/h5-6,9,11-14H,1-4,7-8,10H2,(H,34,35,36). The van der Waals surface area contributed by atoms with Gasteiger partial charge in [0.25, 0.3) is 0 Å². The van der Waals surface area contributed by atoms with Gasteiger partial charge in [-0.15, -0.1) is 0 Å². The Morgan fingerprint density at radius 1 is 1.05 bits per heavy atom. The zero-order valence-corrected chi connectivity index (χ0v) is 20.5. The van der Waals surface area contributed by atoms with Crippen molar-refractivity contribution in [1.29, 1.82) is 0 Å². The molecule has 1 fully saturated rings. The van der Waals surface area contributed by atoms with Crippen LogP contribution in [-0.2, 0) is 16.6 Å². The number of alkyl halides is 3. The summed E-state index contributed by atoms with van der Waals surface area (Å²) < 4.78 is 70.5. The smallest absolute Gasteiger partial charge is 0.401 e. The van der Waals surface area contributed by atoms with Gasteiger partial charge < -0.3 is 19.3 Å². The monoisotopic (exact) mass is 542 g/mol. The molecule has 0 unspecified atom stereocenters. The first-order valence-corrected chi connectivity index (χ1v) is 11.9. The molecule has 1 saturated carbocycles. The van der Waals surface area contributed by atoms with E-state index in [1.165, 1.54) is 18.3 Å². The van der Waals surface area contributed by atoms with Crippen molar-refractivity contribution in [1.82, 2.24) is 15.1 Å². The Hall–Kier alpha value is -4.22. The van der Waals surface area contributed by atoms with Gasteiger partial charge in [-0.25, -0.2) is 9.37 Å². The van der Waals surface area contributed by atoms with Crippen LogP contribution in [0, 0.1) is 19.7 Å². The van der Waals surface area contributed by atoms with Crippen LogP contribution < -0.4 is 14.8 Å². The molecule has 1 amide bonds. The van der Waals surface area contributed by atoms with Crippen molar-refractivity contribution in [3.63, 3.8) is 0 Å². The van der Waals surface area contributed by atoms with Gasteiger partial charge in [0, 0.05) is 23.8 Å². The zero-order chi connectivity index (χ0) is 27.8. The maximum atomic E-state index is 14.9. The molecule has 2 radical (unpaired) electrons. The molecular weight excluding hydrogens is 520 g/mol. The second kappa shape index (κ2) is 10.2. The first-order valence-electron chi connectivity index (χ1n) is 11.9. The number of rotatable bonds is 9. The van der Waals surface area contributed by atoms with E-state index in [0.717, 1.165) is 6.07 Å². The van der Waals surface area contributed by atoms with Crippen molar-refractivity contribution in [3.8, 4) is 22.8 Å². The number of nitrogens with one attached hydrogen (secondary N) is 1. The Bertz CT molecular complexity index is 1530. The van der Waals surface area contributed by atoms with Gasteiger partial charge in [0.1, 0.15) is 11.2 Å². The highest BCUT2D eigenvalue weighted by Crippen LogP contribution is 2.59. The van der Waals surface area contributed by atoms with E-state index < -0.39 is 23.3 Å². The SMILES string of the molecule is [CH2]COc1cc2ncc(-c3ccc(CC(=O)Nc4cc(C5(C(F)(F)F)CC5)on4)c(F)c3)nc2cc1OC[CH2]. The molecule has 0 saturated heterocycles. The van der Waals surface area contributed by atoms with E-state index in [-0.39, 0.29) is 49.6 Å². The van der Waals surface area contributed by atoms with Crippen LogP contribution in [0.5, 0.6) is 11.5 Å². The van der Waals surface area contributed by atoms with E-state index in [1.807, 2.05) is 0 Å². The fourth-order valence-corrected chi connectivity index (χ4v) is 4.17. The molecule has 2 aromatic heterocycles. The summed E-state index contributed by atoms with van der Waals surface area (Å²) >= 11 is 0. The van der Waals surface area contributed by atoms with Crippen LogP contribution in [0.25, 0.3) is 22.3 Å². The number of carbonyl (C=O) groups excluding carboxylic acids is 1. The quantitative estimate of drug-likeness (QED) is 0.274. The molecule has 0 aliphatic heterocycles. The van der Waals surface area contributed by atoms with Crippen LogP contribution in [0.15, 0.2) is 47.1 Å². The number of benzene rings is 2. The number of anilines is 1. The number of halogens is 4. The predicted octanol–water partition coefficient (Wildman–Crippen LogP) is 5.62. The van der Waals surface area contributed by atoms with E-state index in [4.69, 9.17) is 14.0 Å². The highest BCUT2D eigenvalue weighted by atomic mass is 19.4. The number of nitrogens with zero attached hydrogens (tertiary/aromatic N) is 3. The second-order valence-corrected chi connectivity index (χ2v) is 8.93. The molecule has 1 aliphatic carbocycles. The molecule has 0 bridgehead atoms. The molecule has 0 atom stereocenters. The van der Waals surface area contributed by atoms with Gasteiger partial charge in [-0.1, -0.05) is 17.3 Å². The molecule has 1 aliphatic rings. The number of fused-ring (bicyclic) bond motifs is 1. The summed E-state index contributed by atoms with van der Waals surface area (Å²) in [6.45, 7) is 7.67. The maximum Gasteiger partial charge on any atom is 0.401 e. The lowest BCUT2D eigenvalue weighted by Crippen LogP contribution is -2.28. The second-order valence-electron chi connectivity index (χ2n) is 8.93. The highest BCUT2D eigenvalue weighted by Gasteiger charge is 2.66. The number of carbonyl (C=O) groups is 1. The largest absolute Gasteiger partial charge is 0.490 e. The maximum absolute atomic E-state index is 14.9. The van der Waals surface area contributed by atoms with E-state index in [0.29, 0.717) is 33.8 Å². The van der Waals surface area contributed by atoms with Gasteiger partial charge in [0.05, 0.1) is 42.6 Å². The summed E-state index contributed by atoms with van der Waals surface area (Å²) in [6, 6.07) is 8.60. The minimum absolute atomic E-state index is 0.0729. The normalized spacial score (nSPS) is 14.3. The number of hydrogen-bond acceptors (Lipinski definition) is 7. The third-order valence-electron chi connectivity index (χ3n) is 6.36. The van der Waals surface area contributed by atoms with Gasteiger partial charge in [-0.2, -0.15) is 13.2 Å². The first kappa shape index (κ1) is 26.4. The Morgan fingerprint density at radius 2 is 1.74 bits per heavy atom. The van der Waals surface area contributed by atoms with E-state index >= 15 is 0 Å². The van der Waals surface area contributed by atoms with E-state index in [9.17, 15) is 22.4 Å². The fraction of sp³-hybridized carbons (Fsp3) is 0.259. The molecule has 12 heteroatoms. The molecule has 2 aromatic carbocycles. The average molecular weight is 542 g/mol. The molecule has 0 spiro atoms. The van der Waals surface area contributed by atoms with Gasteiger partial charge in [0.2, 0.25) is 5.91 Å². The van der Waals surface area contributed by atoms with E-state index in [1.54, 1.807) is 18.2 Å². The number of aromatic nitrogens is 3. The third-order valence-corrected chi connectivity index (χ3v) is 6.36. The minimum atomic E-state index is -4.47. The summed E-state index contributed by atoms with van der Waals surface area (Å²) in [6.07, 6.45) is -3.57. The molecule has 8 nitrogen and oxygen atoms in total. The van der Waals surface area contributed by atoms with Crippen molar-refractivity contribution < 1.29 is 36.4 Å². The van der Waals surface area contributed by atoms with Gasteiger partial charge in [0.15, 0.2) is 23.1 Å². The summed E-state index contributed by atoms with van der Waals surface area (Å²) in [5.41, 5.74) is -0.150. The van der Waals surface area contributed by atoms with Gasteiger partial charge in [-0.05, 0) is 38.3 Å². The van der Waals surface area contributed by atoms with Crippen LogP contribution in [0.2, 0.25) is 0 Å². The zero-order valence-electron chi connectivity index (χ0n) is 20.5. The lowest BCUT2D eigenvalue weighted by molar-refractivity contribution is -0.165. The van der Waals surface area contributed by atoms with Crippen molar-refractivity contribution in [2.24, 2.45) is 0 Å². The Labute approximate surface area is 220 Å². The summed E-state index contributed by atoms with van der Waals surface area (Å²) in [4.78, 5) is 21.4. The summed E-state index contributed by atoms with van der Waals surface area (Å²) in [7, 11) is 0. The lowest BCUT2D eigenvalue weighted by atomic mass is 10.0. The number of amides is 1. The van der Waals surface area contributed by atoms with Gasteiger partial charge >= 0.3 is 6.18 Å². The van der Waals surface area contributed by atoms with Crippen molar-refractivity contribution in [2.45, 2.75) is 30.9 Å². The Balaban J connectivity index is 1.30. The van der Waals surface area contributed by atoms with Crippen LogP contribution in [-0.4, -0.2) is 40.4 Å². The van der Waals surface area contributed by atoms with Gasteiger partial charge in [-0.3, -0.25) is 9.78 Å². The molecule has 202 valence electrons. The molecular formula is C27H22F4N4O4. The van der Waals surface area contributed by atoms with Crippen LogP contribution in [0.3, 0.4) is 0 Å². The Kier molecular flexibility index (Phi) is 6.87. The summed E-state index contributed by atoms with van der Waals surface area (Å²) in [5, 5.41) is 5.87. The highest BCUT2D eigenvalue weighted by molar-refractivity contribution is 5.91. The summed E-state index contributed by atoms with van der Waals surface area (Å²) in [5.74, 6) is -0.980.